The molecule has 1 fully saturated rings. The van der Waals surface area contributed by atoms with Gasteiger partial charge in [0.1, 0.15) is 11.2 Å². The number of carbonyl (C=O) groups excluding carboxylic acids is 2. The molecule has 3 aromatic rings. The predicted molar refractivity (Wildman–Crippen MR) is 149 cm³/mol. The van der Waals surface area contributed by atoms with Crippen LogP contribution in [0, 0.1) is 0 Å². The fourth-order valence-electron chi connectivity index (χ4n) is 4.92. The summed E-state index contributed by atoms with van der Waals surface area (Å²) in [5.41, 5.74) is 0.0996. The maximum atomic E-state index is 14.1. The van der Waals surface area contributed by atoms with Crippen molar-refractivity contribution < 1.29 is 32.2 Å². The number of aromatic nitrogens is 3. The van der Waals surface area contributed by atoms with Crippen molar-refractivity contribution in [2.75, 3.05) is 30.8 Å². The van der Waals surface area contributed by atoms with Gasteiger partial charge in [-0.05, 0) is 45.6 Å². The molecule has 222 valence electrons. The van der Waals surface area contributed by atoms with Crippen LogP contribution < -0.4 is 10.6 Å². The molecular weight excluding hydrogens is 541 g/mol. The van der Waals surface area contributed by atoms with Gasteiger partial charge in [-0.15, -0.1) is 0 Å². The highest BCUT2D eigenvalue weighted by atomic mass is 19.4. The minimum atomic E-state index is -4.71. The number of H-pyrrole nitrogens is 1. The van der Waals surface area contributed by atoms with E-state index in [4.69, 9.17) is 9.47 Å². The lowest BCUT2D eigenvalue weighted by Gasteiger charge is -2.34. The molecule has 3 heterocycles. The maximum absolute atomic E-state index is 14.1. The third-order valence-electron chi connectivity index (χ3n) is 6.65. The first-order valence-electron chi connectivity index (χ1n) is 13.4. The van der Waals surface area contributed by atoms with E-state index in [2.05, 4.69) is 25.6 Å². The summed E-state index contributed by atoms with van der Waals surface area (Å²) in [6, 6.07) is 2.99. The molecule has 1 aromatic carbocycles. The maximum Gasteiger partial charge on any atom is 0.419 e. The quantitative estimate of drug-likeness (QED) is 0.307. The molecule has 10 nitrogen and oxygen atoms in total. The third-order valence-corrected chi connectivity index (χ3v) is 6.65. The largest absolute Gasteiger partial charge is 0.453 e. The first kappa shape index (κ1) is 29.9. The summed E-state index contributed by atoms with van der Waals surface area (Å²) in [7, 11) is 1.25. The Morgan fingerprint density at radius 2 is 1.93 bits per heavy atom. The SMILES string of the molecule is COC(=O)Nc1ccc2c(-c3nc(NC4CCCN(C(=O)OC(C)(C)C)C4)ncc3C(F)(F)F)c[nH]c2c1C(C)C. The van der Waals surface area contributed by atoms with Gasteiger partial charge < -0.3 is 24.7 Å². The van der Waals surface area contributed by atoms with E-state index in [1.165, 1.54) is 13.3 Å². The summed E-state index contributed by atoms with van der Waals surface area (Å²) < 4.78 is 52.6. The van der Waals surface area contributed by atoms with Crippen molar-refractivity contribution in [3.05, 3.63) is 35.7 Å². The fourth-order valence-corrected chi connectivity index (χ4v) is 4.92. The molecule has 4 rings (SSSR count). The second-order valence-electron chi connectivity index (χ2n) is 11.3. The van der Waals surface area contributed by atoms with E-state index in [1.54, 1.807) is 37.8 Å². The van der Waals surface area contributed by atoms with Crippen LogP contribution in [0.4, 0.5) is 34.4 Å². The van der Waals surface area contributed by atoms with Crippen LogP contribution in [-0.4, -0.2) is 63.9 Å². The summed E-state index contributed by atoms with van der Waals surface area (Å²) >= 11 is 0. The van der Waals surface area contributed by atoms with Crippen molar-refractivity contribution >= 4 is 34.7 Å². The first-order chi connectivity index (χ1) is 19.2. The lowest BCUT2D eigenvalue weighted by Crippen LogP contribution is -2.47. The molecule has 0 bridgehead atoms. The molecule has 2 aromatic heterocycles. The zero-order chi connectivity index (χ0) is 30.1. The fraction of sp³-hybridized carbons (Fsp3) is 0.500. The van der Waals surface area contributed by atoms with Crippen LogP contribution in [0.5, 0.6) is 0 Å². The molecule has 0 saturated carbocycles. The van der Waals surface area contributed by atoms with E-state index in [-0.39, 0.29) is 29.2 Å². The molecule has 1 saturated heterocycles. The third kappa shape index (κ3) is 6.83. The molecule has 1 unspecified atom stereocenters. The number of methoxy groups -OCH3 is 1. The number of rotatable bonds is 5. The Hall–Kier alpha value is -4.03. The smallest absolute Gasteiger partial charge is 0.419 e. The number of halogens is 3. The molecule has 2 amide bonds. The number of likely N-dealkylation sites (tertiary alicyclic amines) is 1. The van der Waals surface area contributed by atoms with Gasteiger partial charge >= 0.3 is 18.4 Å². The van der Waals surface area contributed by atoms with Crippen LogP contribution >= 0.6 is 0 Å². The average Bonchev–Trinajstić information content (AvgIpc) is 3.30. The monoisotopic (exact) mass is 576 g/mol. The minimum absolute atomic E-state index is 0.0199. The summed E-state index contributed by atoms with van der Waals surface area (Å²) in [5.74, 6) is -0.0623. The van der Waals surface area contributed by atoms with Crippen molar-refractivity contribution in [1.29, 1.82) is 0 Å². The summed E-state index contributed by atoms with van der Waals surface area (Å²) in [5, 5.41) is 6.28. The van der Waals surface area contributed by atoms with Crippen LogP contribution in [0.2, 0.25) is 0 Å². The average molecular weight is 577 g/mol. The zero-order valence-electron chi connectivity index (χ0n) is 23.9. The number of piperidine rings is 1. The number of fused-ring (bicyclic) bond motifs is 1. The van der Waals surface area contributed by atoms with Crippen molar-refractivity contribution in [3.63, 3.8) is 0 Å². The molecule has 13 heteroatoms. The van der Waals surface area contributed by atoms with Gasteiger partial charge in [-0.1, -0.05) is 19.9 Å². The number of carbonyl (C=O) groups is 2. The molecule has 0 aliphatic carbocycles. The second kappa shape index (κ2) is 11.5. The predicted octanol–water partition coefficient (Wildman–Crippen LogP) is 6.76. The van der Waals surface area contributed by atoms with Gasteiger partial charge in [0.15, 0.2) is 0 Å². The highest BCUT2D eigenvalue weighted by molar-refractivity contribution is 6.01. The zero-order valence-corrected chi connectivity index (χ0v) is 23.9. The van der Waals surface area contributed by atoms with E-state index in [0.717, 1.165) is 6.20 Å². The van der Waals surface area contributed by atoms with Gasteiger partial charge in [-0.2, -0.15) is 13.2 Å². The van der Waals surface area contributed by atoms with Crippen LogP contribution in [0.25, 0.3) is 22.2 Å². The van der Waals surface area contributed by atoms with E-state index in [1.807, 2.05) is 13.8 Å². The Kier molecular flexibility index (Phi) is 8.36. The summed E-state index contributed by atoms with van der Waals surface area (Å²) in [4.78, 5) is 37.4. The van der Waals surface area contributed by atoms with Crippen LogP contribution in [0.1, 0.15) is 64.5 Å². The van der Waals surface area contributed by atoms with Gasteiger partial charge in [-0.3, -0.25) is 5.32 Å². The lowest BCUT2D eigenvalue weighted by molar-refractivity contribution is -0.137. The van der Waals surface area contributed by atoms with E-state index < -0.39 is 29.5 Å². The molecule has 41 heavy (non-hydrogen) atoms. The Morgan fingerprint density at radius 1 is 1.20 bits per heavy atom. The minimum Gasteiger partial charge on any atom is -0.453 e. The van der Waals surface area contributed by atoms with Gasteiger partial charge in [0.25, 0.3) is 0 Å². The number of nitrogens with zero attached hydrogens (tertiary/aromatic N) is 3. The lowest BCUT2D eigenvalue weighted by atomic mass is 9.96. The Bertz CT molecular complexity index is 1430. The molecule has 0 spiro atoms. The number of amides is 2. The highest BCUT2D eigenvalue weighted by Gasteiger charge is 2.37. The molecule has 1 aliphatic heterocycles. The van der Waals surface area contributed by atoms with Crippen LogP contribution in [-0.2, 0) is 15.7 Å². The molecule has 1 aliphatic rings. The number of benzene rings is 1. The number of nitrogens with one attached hydrogen (secondary N) is 3. The van der Waals surface area contributed by atoms with E-state index >= 15 is 0 Å². The number of aromatic amines is 1. The number of anilines is 2. The number of hydrogen-bond acceptors (Lipinski definition) is 7. The van der Waals surface area contributed by atoms with Gasteiger partial charge in [0.05, 0.1) is 18.3 Å². The van der Waals surface area contributed by atoms with Crippen molar-refractivity contribution in [2.24, 2.45) is 0 Å². The number of alkyl halides is 3. The van der Waals surface area contributed by atoms with Gasteiger partial charge in [0.2, 0.25) is 5.95 Å². The standard InChI is InChI=1S/C28H35F3N6O4/c1-15(2)21-20(35-25(38)40-6)10-9-17-18(12-32-23(17)21)22-19(28(29,30)31)13-33-24(36-22)34-16-8-7-11-37(14-16)26(39)41-27(3,4)5/h9-10,12-13,15-16,32H,7-8,11,14H2,1-6H3,(H,35,38)(H,33,34,36). The molecule has 1 atom stereocenters. The first-order valence-corrected chi connectivity index (χ1v) is 13.4. The van der Waals surface area contributed by atoms with Crippen molar-refractivity contribution in [3.8, 4) is 11.3 Å². The van der Waals surface area contributed by atoms with Crippen LogP contribution in [0.3, 0.4) is 0 Å². The Labute approximate surface area is 236 Å². The topological polar surface area (TPSA) is 121 Å². The molecular formula is C28H35F3N6O4. The number of hydrogen-bond donors (Lipinski definition) is 3. The number of ether oxygens (including phenoxy) is 2. The Balaban J connectivity index is 1.70. The molecule has 3 N–H and O–H groups in total. The summed E-state index contributed by atoms with van der Waals surface area (Å²) in [6.07, 6.45) is -2.19. The van der Waals surface area contributed by atoms with Crippen LogP contribution in [0.15, 0.2) is 24.5 Å². The Morgan fingerprint density at radius 3 is 2.56 bits per heavy atom. The van der Waals surface area contributed by atoms with Gasteiger partial charge in [-0.25, -0.2) is 19.6 Å². The van der Waals surface area contributed by atoms with Crippen molar-refractivity contribution in [2.45, 2.75) is 71.2 Å². The highest BCUT2D eigenvalue weighted by Crippen LogP contribution is 2.41. The normalized spacial score (nSPS) is 16.1. The second-order valence-corrected chi connectivity index (χ2v) is 11.3. The van der Waals surface area contributed by atoms with Crippen molar-refractivity contribution in [1.82, 2.24) is 19.9 Å². The molecule has 0 radical (unpaired) electrons. The van der Waals surface area contributed by atoms with E-state index in [9.17, 15) is 22.8 Å². The van der Waals surface area contributed by atoms with Gasteiger partial charge in [0, 0.05) is 53.7 Å². The summed E-state index contributed by atoms with van der Waals surface area (Å²) in [6.45, 7) is 10.0. The van der Waals surface area contributed by atoms with E-state index in [0.29, 0.717) is 48.1 Å².